The Bertz CT molecular complexity index is 1640. The van der Waals surface area contributed by atoms with Crippen LogP contribution >= 0.6 is 0 Å². The lowest BCUT2D eigenvalue weighted by molar-refractivity contribution is -0.122. The van der Waals surface area contributed by atoms with E-state index in [0.717, 1.165) is 40.7 Å². The third-order valence-electron chi connectivity index (χ3n) is 7.89. The number of hydrogen-bond donors (Lipinski definition) is 2. The summed E-state index contributed by atoms with van der Waals surface area (Å²) < 4.78 is 35.8. The molecule has 0 aromatic heterocycles. The van der Waals surface area contributed by atoms with Crippen molar-refractivity contribution in [3.05, 3.63) is 108 Å². The van der Waals surface area contributed by atoms with Crippen LogP contribution in [-0.2, 0) is 21.4 Å². The maximum atomic E-state index is 13.5. The fraction of sp³-hybridized carbons (Fsp3) is 0.324. The predicted octanol–water partition coefficient (Wildman–Crippen LogP) is 6.12. The van der Waals surface area contributed by atoms with Crippen LogP contribution < -0.4 is 14.8 Å². The van der Waals surface area contributed by atoms with Gasteiger partial charge in [0, 0.05) is 31.0 Å². The third kappa shape index (κ3) is 7.01. The molecule has 1 heterocycles. The summed E-state index contributed by atoms with van der Waals surface area (Å²) in [7, 11) is -3.90. The van der Waals surface area contributed by atoms with Gasteiger partial charge in [-0.3, -0.25) is 9.69 Å². The predicted molar refractivity (Wildman–Crippen MR) is 167 cm³/mol. The van der Waals surface area contributed by atoms with Gasteiger partial charge in [-0.2, -0.15) is 0 Å². The minimum absolute atomic E-state index is 0.0402. The van der Waals surface area contributed by atoms with Crippen LogP contribution in [0.1, 0.15) is 62.4 Å². The van der Waals surface area contributed by atoms with Crippen molar-refractivity contribution in [2.24, 2.45) is 0 Å². The molecule has 0 fully saturated rings. The number of ether oxygens (including phenoxy) is 1. The second kappa shape index (κ2) is 13.1. The highest BCUT2D eigenvalue weighted by Crippen LogP contribution is 2.34. The van der Waals surface area contributed by atoms with E-state index in [1.54, 1.807) is 18.2 Å². The van der Waals surface area contributed by atoms with Crippen LogP contribution in [0.25, 0.3) is 10.8 Å². The summed E-state index contributed by atoms with van der Waals surface area (Å²) in [6, 6.07) is 27.6. The van der Waals surface area contributed by atoms with Crippen LogP contribution in [-0.4, -0.2) is 38.4 Å². The Balaban J connectivity index is 1.32. The number of nitrogens with zero attached hydrogens (tertiary/aromatic N) is 1. The van der Waals surface area contributed by atoms with Crippen LogP contribution in [0.3, 0.4) is 0 Å². The van der Waals surface area contributed by atoms with Gasteiger partial charge in [-0.05, 0) is 60.5 Å². The van der Waals surface area contributed by atoms with Gasteiger partial charge >= 0.3 is 0 Å². The quantitative estimate of drug-likeness (QED) is 0.222. The molecule has 0 spiro atoms. The van der Waals surface area contributed by atoms with Gasteiger partial charge in [0.1, 0.15) is 5.75 Å². The number of carbonyl (C=O) groups is 1. The molecule has 0 aliphatic carbocycles. The maximum Gasteiger partial charge on any atom is 0.241 e. The van der Waals surface area contributed by atoms with Crippen LogP contribution in [0, 0.1) is 0 Å². The van der Waals surface area contributed by atoms with E-state index >= 15 is 0 Å². The van der Waals surface area contributed by atoms with Crippen molar-refractivity contribution in [3.8, 4) is 5.75 Å². The van der Waals surface area contributed by atoms with Crippen LogP contribution in [0.5, 0.6) is 5.75 Å². The van der Waals surface area contributed by atoms with Gasteiger partial charge in [-0.25, -0.2) is 13.1 Å². The number of fused-ring (bicyclic) bond motifs is 2. The SMILES string of the molecule is CCN(Cc1ccc2c(c1)OCCC2NC(=O)C[C@@H](NS(=O)(=O)c1ccc2ccccc2c1)c1ccccc1)C(C)C. The Morgan fingerprint density at radius 3 is 2.43 bits per heavy atom. The Morgan fingerprint density at radius 1 is 0.952 bits per heavy atom. The van der Waals surface area contributed by atoms with Crippen LogP contribution in [0.2, 0.25) is 0 Å². The van der Waals surface area contributed by atoms with Crippen molar-refractivity contribution in [2.45, 2.75) is 63.2 Å². The smallest absolute Gasteiger partial charge is 0.241 e. The molecular weight excluding hydrogens is 546 g/mol. The van der Waals surface area contributed by atoms with E-state index in [2.05, 4.69) is 47.8 Å². The highest BCUT2D eigenvalue weighted by molar-refractivity contribution is 7.89. The average Bonchev–Trinajstić information content (AvgIpc) is 2.99. The monoisotopic (exact) mass is 585 g/mol. The summed E-state index contributed by atoms with van der Waals surface area (Å²) in [6.07, 6.45) is 0.603. The first-order valence-electron chi connectivity index (χ1n) is 14.6. The molecule has 2 N–H and O–H groups in total. The van der Waals surface area contributed by atoms with Crippen molar-refractivity contribution in [2.75, 3.05) is 13.2 Å². The second-order valence-electron chi connectivity index (χ2n) is 11.1. The highest BCUT2D eigenvalue weighted by atomic mass is 32.2. The first kappa shape index (κ1) is 29.8. The number of rotatable bonds is 11. The lowest BCUT2D eigenvalue weighted by Crippen LogP contribution is -2.36. The molecule has 0 saturated heterocycles. The van der Waals surface area contributed by atoms with E-state index in [4.69, 9.17) is 4.74 Å². The topological polar surface area (TPSA) is 87.7 Å². The summed E-state index contributed by atoms with van der Waals surface area (Å²) in [5.41, 5.74) is 2.84. The Morgan fingerprint density at radius 2 is 1.69 bits per heavy atom. The largest absolute Gasteiger partial charge is 0.493 e. The molecule has 1 aliphatic heterocycles. The molecule has 42 heavy (non-hydrogen) atoms. The molecule has 2 atom stereocenters. The first-order chi connectivity index (χ1) is 20.2. The van der Waals surface area contributed by atoms with Crippen LogP contribution in [0.4, 0.5) is 0 Å². The molecule has 4 aromatic rings. The minimum Gasteiger partial charge on any atom is -0.493 e. The second-order valence-corrected chi connectivity index (χ2v) is 12.8. The molecule has 0 radical (unpaired) electrons. The zero-order chi connectivity index (χ0) is 29.7. The lowest BCUT2D eigenvalue weighted by atomic mass is 9.97. The normalized spacial score (nSPS) is 15.8. The molecule has 220 valence electrons. The molecule has 5 rings (SSSR count). The van der Waals surface area contributed by atoms with Crippen molar-refractivity contribution >= 4 is 26.7 Å². The van der Waals surface area contributed by atoms with E-state index in [9.17, 15) is 13.2 Å². The average molecular weight is 586 g/mol. The zero-order valence-corrected chi connectivity index (χ0v) is 25.2. The molecule has 8 heteroatoms. The van der Waals surface area contributed by atoms with E-state index in [1.165, 1.54) is 5.56 Å². The summed E-state index contributed by atoms with van der Waals surface area (Å²) in [6.45, 7) is 8.83. The highest BCUT2D eigenvalue weighted by Gasteiger charge is 2.28. The van der Waals surface area contributed by atoms with Crippen LogP contribution in [0.15, 0.2) is 95.9 Å². The maximum absolute atomic E-state index is 13.5. The standard InChI is InChI=1S/C34H39N3O4S/c1-4-37(24(2)3)23-25-14-17-30-31(18-19-41-33(30)20-25)35-34(38)22-32(27-11-6-5-7-12-27)36-42(39,40)29-16-15-26-10-8-9-13-28(26)21-29/h5-17,20-21,24,31-32,36H,4,18-19,22-23H2,1-3H3,(H,35,38)/t31?,32-/m1/s1. The molecule has 1 unspecified atom stereocenters. The zero-order valence-electron chi connectivity index (χ0n) is 24.4. The number of amides is 1. The number of nitrogens with one attached hydrogen (secondary N) is 2. The number of carbonyl (C=O) groups excluding carboxylic acids is 1. The van der Waals surface area contributed by atoms with Gasteiger partial charge in [-0.1, -0.05) is 79.7 Å². The molecular formula is C34H39N3O4S. The summed E-state index contributed by atoms with van der Waals surface area (Å²) in [5, 5.41) is 4.95. The van der Waals surface area contributed by atoms with Crippen molar-refractivity contribution in [3.63, 3.8) is 0 Å². The van der Waals surface area contributed by atoms with Gasteiger partial charge < -0.3 is 10.1 Å². The van der Waals surface area contributed by atoms with Gasteiger partial charge in [0.25, 0.3) is 0 Å². The Kier molecular flexibility index (Phi) is 9.26. The third-order valence-corrected chi connectivity index (χ3v) is 9.36. The summed E-state index contributed by atoms with van der Waals surface area (Å²) in [5.74, 6) is 0.560. The molecule has 1 amide bonds. The van der Waals surface area contributed by atoms with E-state index < -0.39 is 16.1 Å². The first-order valence-corrected chi connectivity index (χ1v) is 16.1. The van der Waals surface area contributed by atoms with Crippen molar-refractivity contribution in [1.82, 2.24) is 14.9 Å². The van der Waals surface area contributed by atoms with Crippen molar-refractivity contribution < 1.29 is 17.9 Å². The minimum atomic E-state index is -3.90. The van der Waals surface area contributed by atoms with Gasteiger partial charge in [0.2, 0.25) is 15.9 Å². The summed E-state index contributed by atoms with van der Waals surface area (Å²) >= 11 is 0. The number of benzene rings is 4. The van der Waals surface area contributed by atoms with Gasteiger partial charge in [0.05, 0.1) is 23.6 Å². The summed E-state index contributed by atoms with van der Waals surface area (Å²) in [4.78, 5) is 16.0. The molecule has 7 nitrogen and oxygen atoms in total. The van der Waals surface area contributed by atoms with E-state index in [-0.39, 0.29) is 23.3 Å². The molecule has 0 bridgehead atoms. The fourth-order valence-electron chi connectivity index (χ4n) is 5.52. The fourth-order valence-corrected chi connectivity index (χ4v) is 6.78. The molecule has 1 aliphatic rings. The van der Waals surface area contributed by atoms with E-state index in [0.29, 0.717) is 19.1 Å². The van der Waals surface area contributed by atoms with Crippen molar-refractivity contribution in [1.29, 1.82) is 0 Å². The number of hydrogen-bond acceptors (Lipinski definition) is 5. The number of sulfonamides is 1. The van der Waals surface area contributed by atoms with Gasteiger partial charge in [0.15, 0.2) is 0 Å². The molecule has 0 saturated carbocycles. The van der Waals surface area contributed by atoms with Gasteiger partial charge in [-0.15, -0.1) is 0 Å². The Hall–Kier alpha value is -3.72. The Labute approximate surface area is 248 Å². The van der Waals surface area contributed by atoms with E-state index in [1.807, 2.05) is 60.7 Å². The molecule has 4 aromatic carbocycles. The lowest BCUT2D eigenvalue weighted by Gasteiger charge is -2.29.